The Hall–Kier alpha value is -0.330. The topological polar surface area (TPSA) is 42.7 Å². The average Bonchev–Trinajstić information content (AvgIpc) is 2.14. The number of rotatable bonds is 1. The van der Waals surface area contributed by atoms with Crippen molar-refractivity contribution in [1.29, 1.82) is 0 Å². The van der Waals surface area contributed by atoms with Crippen LogP contribution in [-0.4, -0.2) is 15.1 Å². The largest absolute Gasteiger partial charge is 0.248 e. The SMILES string of the molecule is Cc1cn(NI)nn1. The number of hydrogen-bond donors (Lipinski definition) is 1. The number of hydrogen-bond acceptors (Lipinski definition) is 3. The lowest BCUT2D eigenvalue weighted by Gasteiger charge is -1.88. The summed E-state index contributed by atoms with van der Waals surface area (Å²) < 4.78 is 2.76. The molecule has 1 rings (SSSR count). The standard InChI is InChI=1S/C3H5IN4/c1-3-2-8(6-4)7-5-3/h2,6H,1H3. The molecule has 5 heteroatoms. The molecule has 0 atom stereocenters. The van der Waals surface area contributed by atoms with Gasteiger partial charge in [0.2, 0.25) is 0 Å². The Morgan fingerprint density at radius 3 is 2.88 bits per heavy atom. The molecular weight excluding hydrogens is 219 g/mol. The predicted octanol–water partition coefficient (Wildman–Crippen LogP) is 0.480. The van der Waals surface area contributed by atoms with Gasteiger partial charge in [-0.1, -0.05) is 0 Å². The van der Waals surface area contributed by atoms with Crippen LogP contribution < -0.4 is 3.64 Å². The summed E-state index contributed by atoms with van der Waals surface area (Å²) in [5, 5.41) is 7.42. The average molecular weight is 224 g/mol. The molecule has 1 aromatic rings. The van der Waals surface area contributed by atoms with E-state index in [1.165, 1.54) is 4.79 Å². The number of halogens is 1. The van der Waals surface area contributed by atoms with Gasteiger partial charge in [0.05, 0.1) is 34.8 Å². The molecular formula is C3H5IN4. The summed E-state index contributed by atoms with van der Waals surface area (Å²) in [4.78, 5) is 1.54. The Kier molecular flexibility index (Phi) is 1.66. The molecule has 0 fully saturated rings. The van der Waals surface area contributed by atoms with Crippen LogP contribution in [0.4, 0.5) is 0 Å². The van der Waals surface area contributed by atoms with Crippen LogP contribution in [0.5, 0.6) is 0 Å². The van der Waals surface area contributed by atoms with E-state index in [9.17, 15) is 0 Å². The van der Waals surface area contributed by atoms with Crippen molar-refractivity contribution in [2.45, 2.75) is 6.92 Å². The Labute approximate surface area is 60.7 Å². The van der Waals surface area contributed by atoms with Gasteiger partial charge in [-0.05, 0) is 12.1 Å². The molecule has 0 aliphatic heterocycles. The van der Waals surface area contributed by atoms with Crippen LogP contribution in [0, 0.1) is 6.92 Å². The zero-order valence-electron chi connectivity index (χ0n) is 4.30. The minimum atomic E-state index is 0.911. The molecule has 0 amide bonds. The summed E-state index contributed by atoms with van der Waals surface area (Å²) >= 11 is 1.98. The lowest BCUT2D eigenvalue weighted by Crippen LogP contribution is -2.01. The highest BCUT2D eigenvalue weighted by atomic mass is 127. The van der Waals surface area contributed by atoms with E-state index in [2.05, 4.69) is 14.0 Å². The van der Waals surface area contributed by atoms with Gasteiger partial charge >= 0.3 is 0 Å². The zero-order valence-corrected chi connectivity index (χ0v) is 6.45. The predicted molar refractivity (Wildman–Crippen MR) is 38.1 cm³/mol. The summed E-state index contributed by atoms with van der Waals surface area (Å²) in [6, 6.07) is 0. The first-order chi connectivity index (χ1) is 3.83. The van der Waals surface area contributed by atoms with E-state index in [1.54, 1.807) is 6.20 Å². The van der Waals surface area contributed by atoms with Crippen molar-refractivity contribution in [2.24, 2.45) is 0 Å². The number of nitrogens with one attached hydrogen (secondary N) is 1. The molecule has 44 valence electrons. The van der Waals surface area contributed by atoms with Crippen LogP contribution in [0.25, 0.3) is 0 Å². The minimum absolute atomic E-state index is 0.911. The second-order valence-electron chi connectivity index (χ2n) is 1.39. The van der Waals surface area contributed by atoms with Gasteiger partial charge in [0.1, 0.15) is 0 Å². The van der Waals surface area contributed by atoms with Crippen LogP contribution in [0.15, 0.2) is 6.20 Å². The van der Waals surface area contributed by atoms with Gasteiger partial charge in [0.15, 0.2) is 0 Å². The first kappa shape index (κ1) is 5.80. The highest BCUT2D eigenvalue weighted by molar-refractivity contribution is 14.1. The minimum Gasteiger partial charge on any atom is -0.248 e. The van der Waals surface area contributed by atoms with Gasteiger partial charge in [-0.2, -0.15) is 4.79 Å². The summed E-state index contributed by atoms with van der Waals surface area (Å²) in [6.07, 6.45) is 1.80. The quantitative estimate of drug-likeness (QED) is 0.557. The van der Waals surface area contributed by atoms with E-state index < -0.39 is 0 Å². The normalized spacial score (nSPS) is 9.25. The van der Waals surface area contributed by atoms with Crippen molar-refractivity contribution in [2.75, 3.05) is 3.64 Å². The van der Waals surface area contributed by atoms with Crippen molar-refractivity contribution >= 4 is 22.9 Å². The molecule has 1 aromatic heterocycles. The third kappa shape index (κ3) is 1.09. The molecule has 0 radical (unpaired) electrons. The van der Waals surface area contributed by atoms with Crippen molar-refractivity contribution < 1.29 is 0 Å². The maximum atomic E-state index is 3.73. The summed E-state index contributed by atoms with van der Waals surface area (Å²) in [7, 11) is 0. The highest BCUT2D eigenvalue weighted by Crippen LogP contribution is 1.86. The van der Waals surface area contributed by atoms with Crippen molar-refractivity contribution in [1.82, 2.24) is 15.1 Å². The molecule has 4 nitrogen and oxygen atoms in total. The first-order valence-electron chi connectivity index (χ1n) is 2.08. The number of nitrogens with zero attached hydrogens (tertiary/aromatic N) is 3. The molecule has 0 unspecified atom stereocenters. The van der Waals surface area contributed by atoms with Crippen molar-refractivity contribution in [3.63, 3.8) is 0 Å². The fourth-order valence-corrected chi connectivity index (χ4v) is 0.624. The molecule has 0 aromatic carbocycles. The number of aryl methyl sites for hydroxylation is 1. The fraction of sp³-hybridized carbons (Fsp3) is 0.333. The second kappa shape index (κ2) is 2.29. The summed E-state index contributed by atoms with van der Waals surface area (Å²) in [6.45, 7) is 1.89. The smallest absolute Gasteiger partial charge is 0.0818 e. The molecule has 8 heavy (non-hydrogen) atoms. The van der Waals surface area contributed by atoms with Crippen LogP contribution in [-0.2, 0) is 0 Å². The van der Waals surface area contributed by atoms with E-state index >= 15 is 0 Å². The van der Waals surface area contributed by atoms with E-state index in [-0.39, 0.29) is 0 Å². The Morgan fingerprint density at radius 2 is 2.62 bits per heavy atom. The molecule has 0 saturated carbocycles. The molecule has 0 aliphatic carbocycles. The van der Waals surface area contributed by atoms with Crippen LogP contribution in [0.1, 0.15) is 5.69 Å². The molecule has 0 bridgehead atoms. The second-order valence-corrected chi connectivity index (χ2v) is 1.87. The van der Waals surface area contributed by atoms with E-state index in [4.69, 9.17) is 0 Å². The van der Waals surface area contributed by atoms with Gasteiger partial charge in [-0.15, -0.1) is 5.10 Å². The maximum absolute atomic E-state index is 3.73. The highest BCUT2D eigenvalue weighted by Gasteiger charge is 1.88. The third-order valence-corrected chi connectivity index (χ3v) is 1.19. The van der Waals surface area contributed by atoms with Crippen LogP contribution >= 0.6 is 22.9 Å². The van der Waals surface area contributed by atoms with Crippen molar-refractivity contribution in [3.05, 3.63) is 11.9 Å². The van der Waals surface area contributed by atoms with Gasteiger partial charge in [0, 0.05) is 0 Å². The molecule has 0 aliphatic rings. The number of aromatic nitrogens is 3. The third-order valence-electron chi connectivity index (χ3n) is 0.695. The van der Waals surface area contributed by atoms with E-state index in [0.717, 1.165) is 5.69 Å². The Bertz CT molecular complexity index is 172. The Morgan fingerprint density at radius 1 is 1.88 bits per heavy atom. The lowest BCUT2D eigenvalue weighted by molar-refractivity contribution is 0.773. The van der Waals surface area contributed by atoms with E-state index in [1.807, 2.05) is 29.8 Å². The maximum Gasteiger partial charge on any atom is 0.0818 e. The molecule has 0 saturated heterocycles. The van der Waals surface area contributed by atoms with Crippen LogP contribution in [0.3, 0.4) is 0 Å². The molecule has 0 spiro atoms. The summed E-state index contributed by atoms with van der Waals surface area (Å²) in [5.74, 6) is 0. The Balaban J connectivity index is 2.84. The summed E-state index contributed by atoms with van der Waals surface area (Å²) in [5.41, 5.74) is 0.911. The van der Waals surface area contributed by atoms with E-state index in [0.29, 0.717) is 0 Å². The molecule has 1 N–H and O–H groups in total. The van der Waals surface area contributed by atoms with Gasteiger partial charge < -0.3 is 0 Å². The van der Waals surface area contributed by atoms with Crippen molar-refractivity contribution in [3.8, 4) is 0 Å². The van der Waals surface area contributed by atoms with Crippen LogP contribution in [0.2, 0.25) is 0 Å². The lowest BCUT2D eigenvalue weighted by atomic mass is 10.6. The monoisotopic (exact) mass is 224 g/mol. The zero-order chi connectivity index (χ0) is 5.98. The van der Waals surface area contributed by atoms with Gasteiger partial charge in [-0.25, -0.2) is 3.64 Å². The molecule has 1 heterocycles. The fourth-order valence-electron chi connectivity index (χ4n) is 0.389. The van der Waals surface area contributed by atoms with Gasteiger partial charge in [0.25, 0.3) is 0 Å². The first-order valence-corrected chi connectivity index (χ1v) is 3.16. The van der Waals surface area contributed by atoms with Gasteiger partial charge in [-0.3, -0.25) is 0 Å².